The Morgan fingerprint density at radius 2 is 2.15 bits per heavy atom. The fourth-order valence-electron chi connectivity index (χ4n) is 1.64. The van der Waals surface area contributed by atoms with Gasteiger partial charge in [-0.05, 0) is 31.4 Å². The molecule has 0 aliphatic heterocycles. The van der Waals surface area contributed by atoms with E-state index in [4.69, 9.17) is 4.74 Å². The van der Waals surface area contributed by atoms with Crippen LogP contribution in [0.3, 0.4) is 0 Å². The molecule has 1 N–H and O–H groups in total. The van der Waals surface area contributed by atoms with E-state index in [1.807, 2.05) is 17.5 Å². The molecule has 5 nitrogen and oxygen atoms in total. The third-order valence-corrected chi connectivity index (χ3v) is 3.44. The maximum atomic E-state index is 10.9. The van der Waals surface area contributed by atoms with Crippen molar-refractivity contribution in [3.05, 3.63) is 45.8 Å². The topological polar surface area (TPSA) is 72.6 Å². The maximum Gasteiger partial charge on any atom is 0.270 e. The number of aliphatic hydroxyl groups is 1. The number of non-ortho nitro benzene ring substituents is 1. The molecule has 0 spiro atoms. The van der Waals surface area contributed by atoms with E-state index >= 15 is 0 Å². The van der Waals surface area contributed by atoms with Gasteiger partial charge in [0.2, 0.25) is 0 Å². The molecule has 0 amide bonds. The van der Waals surface area contributed by atoms with Gasteiger partial charge < -0.3 is 9.84 Å². The van der Waals surface area contributed by atoms with Crippen LogP contribution >= 0.6 is 11.3 Å². The molecule has 0 fully saturated rings. The Bertz CT molecular complexity index is 602. The highest BCUT2D eigenvalue weighted by Gasteiger charge is 2.18. The number of benzene rings is 1. The molecule has 0 aliphatic rings. The van der Waals surface area contributed by atoms with Gasteiger partial charge in [-0.15, -0.1) is 11.3 Å². The molecule has 1 heterocycles. The molecular weight excluding hydrogens is 278 g/mol. The Morgan fingerprint density at radius 3 is 2.70 bits per heavy atom. The molecule has 2 rings (SSSR count). The molecule has 0 radical (unpaired) electrons. The molecule has 0 saturated carbocycles. The zero-order valence-corrected chi connectivity index (χ0v) is 12.0. The van der Waals surface area contributed by atoms with Crippen LogP contribution in [-0.4, -0.2) is 22.2 Å². The monoisotopic (exact) mass is 293 g/mol. The van der Waals surface area contributed by atoms with Gasteiger partial charge in [0, 0.05) is 22.6 Å². The summed E-state index contributed by atoms with van der Waals surface area (Å²) < 4.78 is 5.59. The normalized spacial score (nSPS) is 11.3. The highest BCUT2D eigenvalue weighted by atomic mass is 32.1. The van der Waals surface area contributed by atoms with Crippen LogP contribution in [-0.2, 0) is 0 Å². The average molecular weight is 293 g/mol. The lowest BCUT2D eigenvalue weighted by Gasteiger charge is -2.19. The predicted molar refractivity (Wildman–Crippen MR) is 78.2 cm³/mol. The smallest absolute Gasteiger partial charge is 0.270 e. The van der Waals surface area contributed by atoms with E-state index in [0.717, 1.165) is 4.88 Å². The zero-order chi connectivity index (χ0) is 14.8. The van der Waals surface area contributed by atoms with Crippen molar-refractivity contribution in [2.75, 3.05) is 6.61 Å². The standard InChI is InChI=1S/C14H15NO4S/c1-14(2,16)9-19-12-6-5-10(15(17)18)8-11(12)13-4-3-7-20-13/h3-8,16H,9H2,1-2H3. The lowest BCUT2D eigenvalue weighted by Crippen LogP contribution is -2.28. The molecule has 6 heteroatoms. The number of hydrogen-bond acceptors (Lipinski definition) is 5. The van der Waals surface area contributed by atoms with Crippen LogP contribution in [0.25, 0.3) is 10.4 Å². The number of nitro benzene ring substituents is 1. The van der Waals surface area contributed by atoms with Gasteiger partial charge in [0.1, 0.15) is 12.4 Å². The van der Waals surface area contributed by atoms with Crippen molar-refractivity contribution >= 4 is 17.0 Å². The first kappa shape index (κ1) is 14.5. The summed E-state index contributed by atoms with van der Waals surface area (Å²) >= 11 is 1.48. The Hall–Kier alpha value is -1.92. The minimum Gasteiger partial charge on any atom is -0.490 e. The van der Waals surface area contributed by atoms with Crippen molar-refractivity contribution in [3.8, 4) is 16.2 Å². The van der Waals surface area contributed by atoms with Gasteiger partial charge in [-0.3, -0.25) is 10.1 Å². The summed E-state index contributed by atoms with van der Waals surface area (Å²) in [6.45, 7) is 3.40. The number of ether oxygens (including phenoxy) is 1. The maximum absolute atomic E-state index is 10.9. The van der Waals surface area contributed by atoms with E-state index in [-0.39, 0.29) is 12.3 Å². The van der Waals surface area contributed by atoms with Gasteiger partial charge in [-0.2, -0.15) is 0 Å². The predicted octanol–water partition coefficient (Wildman–Crippen LogP) is 3.47. The van der Waals surface area contributed by atoms with E-state index in [9.17, 15) is 15.2 Å². The van der Waals surface area contributed by atoms with E-state index < -0.39 is 10.5 Å². The van der Waals surface area contributed by atoms with Gasteiger partial charge in [-0.25, -0.2) is 0 Å². The first-order chi connectivity index (χ1) is 9.37. The molecule has 0 unspecified atom stereocenters. The van der Waals surface area contributed by atoms with Crippen LogP contribution in [0.1, 0.15) is 13.8 Å². The first-order valence-electron chi connectivity index (χ1n) is 6.04. The lowest BCUT2D eigenvalue weighted by atomic mass is 10.1. The van der Waals surface area contributed by atoms with Crippen molar-refractivity contribution in [2.24, 2.45) is 0 Å². The quantitative estimate of drug-likeness (QED) is 0.676. The van der Waals surface area contributed by atoms with Crippen LogP contribution in [0, 0.1) is 10.1 Å². The molecule has 106 valence electrons. The number of nitrogens with zero attached hydrogens (tertiary/aromatic N) is 1. The van der Waals surface area contributed by atoms with E-state index in [1.54, 1.807) is 19.9 Å². The van der Waals surface area contributed by atoms with Crippen LogP contribution in [0.15, 0.2) is 35.7 Å². The fraction of sp³-hybridized carbons (Fsp3) is 0.286. The summed E-state index contributed by atoms with van der Waals surface area (Å²) in [5, 5.41) is 22.5. The Labute approximate surface area is 120 Å². The summed E-state index contributed by atoms with van der Waals surface area (Å²) in [4.78, 5) is 11.3. The van der Waals surface area contributed by atoms with Crippen LogP contribution < -0.4 is 4.74 Å². The number of hydrogen-bond donors (Lipinski definition) is 1. The third-order valence-electron chi connectivity index (χ3n) is 2.54. The van der Waals surface area contributed by atoms with Gasteiger partial charge in [0.05, 0.1) is 10.5 Å². The lowest BCUT2D eigenvalue weighted by molar-refractivity contribution is -0.384. The van der Waals surface area contributed by atoms with Crippen LogP contribution in [0.4, 0.5) is 5.69 Å². The molecule has 1 aromatic heterocycles. The van der Waals surface area contributed by atoms with Crippen molar-refractivity contribution in [1.29, 1.82) is 0 Å². The molecule has 1 aromatic carbocycles. The van der Waals surface area contributed by atoms with E-state index in [1.165, 1.54) is 23.5 Å². The molecular formula is C14H15NO4S. The number of nitro groups is 1. The minimum absolute atomic E-state index is 0.0176. The van der Waals surface area contributed by atoms with Crippen LogP contribution in [0.2, 0.25) is 0 Å². The van der Waals surface area contributed by atoms with Gasteiger partial charge in [0.15, 0.2) is 0 Å². The fourth-order valence-corrected chi connectivity index (χ4v) is 2.38. The van der Waals surface area contributed by atoms with Crippen molar-refractivity contribution in [3.63, 3.8) is 0 Å². The Balaban J connectivity index is 2.38. The molecule has 2 aromatic rings. The van der Waals surface area contributed by atoms with E-state index in [0.29, 0.717) is 11.3 Å². The van der Waals surface area contributed by atoms with Gasteiger partial charge in [-0.1, -0.05) is 6.07 Å². The average Bonchev–Trinajstić information content (AvgIpc) is 2.88. The third kappa shape index (κ3) is 3.55. The second-order valence-corrected chi connectivity index (χ2v) is 5.96. The van der Waals surface area contributed by atoms with Gasteiger partial charge in [0.25, 0.3) is 5.69 Å². The molecule has 0 aliphatic carbocycles. The summed E-state index contributed by atoms with van der Waals surface area (Å²) in [5.41, 5.74) is -0.281. The summed E-state index contributed by atoms with van der Waals surface area (Å²) in [5.74, 6) is 0.528. The number of thiophene rings is 1. The van der Waals surface area contributed by atoms with E-state index in [2.05, 4.69) is 0 Å². The van der Waals surface area contributed by atoms with Crippen molar-refractivity contribution in [1.82, 2.24) is 0 Å². The summed E-state index contributed by atoms with van der Waals surface area (Å²) in [6.07, 6.45) is 0. The van der Waals surface area contributed by atoms with Crippen LogP contribution in [0.5, 0.6) is 5.75 Å². The van der Waals surface area contributed by atoms with Crippen molar-refractivity contribution < 1.29 is 14.8 Å². The largest absolute Gasteiger partial charge is 0.490 e. The Morgan fingerprint density at radius 1 is 1.40 bits per heavy atom. The zero-order valence-electron chi connectivity index (χ0n) is 11.2. The second-order valence-electron chi connectivity index (χ2n) is 5.02. The van der Waals surface area contributed by atoms with Gasteiger partial charge >= 0.3 is 0 Å². The second kappa shape index (κ2) is 5.60. The SMILES string of the molecule is CC(C)(O)COc1ccc([N+](=O)[O-])cc1-c1cccs1. The first-order valence-corrected chi connectivity index (χ1v) is 6.92. The molecule has 0 saturated heterocycles. The summed E-state index contributed by atoms with van der Waals surface area (Å²) in [6, 6.07) is 8.21. The molecule has 0 bridgehead atoms. The van der Waals surface area contributed by atoms with Crippen molar-refractivity contribution in [2.45, 2.75) is 19.4 Å². The number of rotatable bonds is 5. The summed E-state index contributed by atoms with van der Waals surface area (Å²) in [7, 11) is 0. The molecule has 20 heavy (non-hydrogen) atoms. The molecule has 0 atom stereocenters. The Kier molecular flexibility index (Phi) is 4.06. The highest BCUT2D eigenvalue weighted by molar-refractivity contribution is 7.13. The highest BCUT2D eigenvalue weighted by Crippen LogP contribution is 2.36. The minimum atomic E-state index is -0.964.